The van der Waals surface area contributed by atoms with Gasteiger partial charge < -0.3 is 5.32 Å². The van der Waals surface area contributed by atoms with Crippen molar-refractivity contribution in [1.82, 2.24) is 5.32 Å². The van der Waals surface area contributed by atoms with Crippen LogP contribution >= 0.6 is 0 Å². The highest BCUT2D eigenvalue weighted by Gasteiger charge is 2.07. The molecular formula is C16H17NO. The normalized spacial score (nSPS) is 10.3. The fourth-order valence-corrected chi connectivity index (χ4v) is 2.02. The summed E-state index contributed by atoms with van der Waals surface area (Å²) in [4.78, 5) is 11.9. The lowest BCUT2D eigenvalue weighted by atomic mass is 9.98. The van der Waals surface area contributed by atoms with Gasteiger partial charge in [-0.2, -0.15) is 0 Å². The second kappa shape index (κ2) is 5.61. The number of nitrogens with one attached hydrogen (secondary N) is 1. The summed E-state index contributed by atoms with van der Waals surface area (Å²) in [5.74, 6) is 0.118. The number of Topliss-reactive ketones (excluding diaryl/α,β-unsaturated/α-hetero) is 1. The number of rotatable bonds is 4. The van der Waals surface area contributed by atoms with E-state index < -0.39 is 0 Å². The summed E-state index contributed by atoms with van der Waals surface area (Å²) in [5, 5.41) is 2.89. The van der Waals surface area contributed by atoms with Gasteiger partial charge in [-0.25, -0.2) is 0 Å². The molecule has 18 heavy (non-hydrogen) atoms. The second-order valence-corrected chi connectivity index (χ2v) is 4.35. The van der Waals surface area contributed by atoms with Crippen LogP contribution in [0.2, 0.25) is 0 Å². The molecule has 2 aromatic rings. The van der Waals surface area contributed by atoms with Crippen LogP contribution in [0.15, 0.2) is 48.5 Å². The number of hydrogen-bond donors (Lipinski definition) is 1. The lowest BCUT2D eigenvalue weighted by molar-refractivity contribution is 0.0993. The minimum atomic E-state index is 0.118. The molecule has 0 unspecified atom stereocenters. The van der Waals surface area contributed by atoms with Crippen molar-refractivity contribution in [3.8, 4) is 11.1 Å². The minimum Gasteiger partial charge on any atom is -0.313 e. The van der Waals surface area contributed by atoms with E-state index >= 15 is 0 Å². The monoisotopic (exact) mass is 239 g/mol. The summed E-state index contributed by atoms with van der Waals surface area (Å²) in [5.41, 5.74) is 4.24. The van der Waals surface area contributed by atoms with E-state index in [2.05, 4.69) is 24.4 Å². The Bertz CT molecular complexity index is 561. The average Bonchev–Trinajstić information content (AvgIpc) is 2.40. The van der Waals surface area contributed by atoms with Gasteiger partial charge in [-0.15, -0.1) is 0 Å². The first kappa shape index (κ1) is 12.5. The van der Waals surface area contributed by atoms with E-state index in [0.29, 0.717) is 6.54 Å². The molecule has 92 valence electrons. The standard InChI is InChI=1S/C16H17NO/c1-12-6-3-4-9-15(12)13-7-5-8-14(10-13)16(18)11-17-2/h3-10,17H,11H2,1-2H3. The average molecular weight is 239 g/mol. The zero-order valence-electron chi connectivity index (χ0n) is 10.7. The predicted octanol–water partition coefficient (Wildman–Crippen LogP) is 3.06. The van der Waals surface area contributed by atoms with E-state index in [0.717, 1.165) is 11.1 Å². The Kier molecular flexibility index (Phi) is 3.90. The number of hydrogen-bond acceptors (Lipinski definition) is 2. The fourth-order valence-electron chi connectivity index (χ4n) is 2.02. The summed E-state index contributed by atoms with van der Waals surface area (Å²) in [6.07, 6.45) is 0. The number of carbonyl (C=O) groups excluding carboxylic acids is 1. The molecule has 0 radical (unpaired) electrons. The van der Waals surface area contributed by atoms with E-state index in [1.807, 2.05) is 36.4 Å². The summed E-state index contributed by atoms with van der Waals surface area (Å²) in [7, 11) is 1.78. The van der Waals surface area contributed by atoms with Crippen molar-refractivity contribution in [2.24, 2.45) is 0 Å². The van der Waals surface area contributed by atoms with E-state index in [9.17, 15) is 4.79 Å². The molecule has 0 spiro atoms. The lowest BCUT2D eigenvalue weighted by Gasteiger charge is -2.07. The molecule has 1 N–H and O–H groups in total. The molecule has 0 amide bonds. The molecule has 0 saturated carbocycles. The van der Waals surface area contributed by atoms with Crippen LogP contribution in [0.25, 0.3) is 11.1 Å². The third kappa shape index (κ3) is 2.66. The van der Waals surface area contributed by atoms with Gasteiger partial charge in [0.25, 0.3) is 0 Å². The topological polar surface area (TPSA) is 29.1 Å². The van der Waals surface area contributed by atoms with E-state index in [4.69, 9.17) is 0 Å². The van der Waals surface area contributed by atoms with Crippen LogP contribution in [-0.4, -0.2) is 19.4 Å². The van der Waals surface area contributed by atoms with Gasteiger partial charge in [0.2, 0.25) is 0 Å². The van der Waals surface area contributed by atoms with Gasteiger partial charge >= 0.3 is 0 Å². The Morgan fingerprint density at radius 1 is 1.11 bits per heavy atom. The molecule has 0 atom stereocenters. The first-order valence-electron chi connectivity index (χ1n) is 6.06. The Labute approximate surface area is 108 Å². The van der Waals surface area contributed by atoms with Crippen molar-refractivity contribution in [2.75, 3.05) is 13.6 Å². The first-order valence-corrected chi connectivity index (χ1v) is 6.06. The molecule has 0 heterocycles. The molecule has 0 bridgehead atoms. The highest BCUT2D eigenvalue weighted by atomic mass is 16.1. The molecule has 2 rings (SSSR count). The van der Waals surface area contributed by atoms with E-state index in [1.165, 1.54) is 11.1 Å². The number of aryl methyl sites for hydroxylation is 1. The molecule has 0 aliphatic carbocycles. The molecule has 0 fully saturated rings. The van der Waals surface area contributed by atoms with Crippen LogP contribution < -0.4 is 5.32 Å². The maximum absolute atomic E-state index is 11.9. The molecule has 0 aliphatic rings. The highest BCUT2D eigenvalue weighted by Crippen LogP contribution is 2.23. The first-order chi connectivity index (χ1) is 8.72. The highest BCUT2D eigenvalue weighted by molar-refractivity contribution is 5.98. The molecule has 0 aromatic heterocycles. The maximum atomic E-state index is 11.9. The van der Waals surface area contributed by atoms with Crippen molar-refractivity contribution in [1.29, 1.82) is 0 Å². The number of benzene rings is 2. The largest absolute Gasteiger partial charge is 0.313 e. The van der Waals surface area contributed by atoms with Gasteiger partial charge in [-0.1, -0.05) is 42.5 Å². The second-order valence-electron chi connectivity index (χ2n) is 4.35. The van der Waals surface area contributed by atoms with Gasteiger partial charge in [-0.05, 0) is 36.7 Å². The van der Waals surface area contributed by atoms with Crippen molar-refractivity contribution in [3.05, 3.63) is 59.7 Å². The molecule has 0 aliphatic heterocycles. The quantitative estimate of drug-likeness (QED) is 0.831. The number of likely N-dealkylation sites (N-methyl/N-ethyl adjacent to an activating group) is 1. The lowest BCUT2D eigenvalue weighted by Crippen LogP contribution is -2.18. The van der Waals surface area contributed by atoms with Crippen molar-refractivity contribution >= 4 is 5.78 Å². The van der Waals surface area contributed by atoms with Crippen LogP contribution in [-0.2, 0) is 0 Å². The molecule has 0 saturated heterocycles. The third-order valence-electron chi connectivity index (χ3n) is 2.98. The van der Waals surface area contributed by atoms with E-state index in [1.54, 1.807) is 7.05 Å². The summed E-state index contributed by atoms with van der Waals surface area (Å²) >= 11 is 0. The van der Waals surface area contributed by atoms with Crippen LogP contribution in [0.3, 0.4) is 0 Å². The van der Waals surface area contributed by atoms with Crippen LogP contribution in [0.1, 0.15) is 15.9 Å². The van der Waals surface area contributed by atoms with Gasteiger partial charge in [0.05, 0.1) is 6.54 Å². The predicted molar refractivity (Wildman–Crippen MR) is 74.9 cm³/mol. The minimum absolute atomic E-state index is 0.118. The summed E-state index contributed by atoms with van der Waals surface area (Å²) < 4.78 is 0. The SMILES string of the molecule is CNCC(=O)c1cccc(-c2ccccc2C)c1. The number of carbonyl (C=O) groups is 1. The Morgan fingerprint density at radius 3 is 2.61 bits per heavy atom. The molecular weight excluding hydrogens is 222 g/mol. The van der Waals surface area contributed by atoms with Gasteiger partial charge in [-0.3, -0.25) is 4.79 Å². The molecule has 2 heteroatoms. The van der Waals surface area contributed by atoms with Crippen molar-refractivity contribution in [3.63, 3.8) is 0 Å². The smallest absolute Gasteiger partial charge is 0.176 e. The van der Waals surface area contributed by atoms with Crippen molar-refractivity contribution < 1.29 is 4.79 Å². The Morgan fingerprint density at radius 2 is 1.89 bits per heavy atom. The van der Waals surface area contributed by atoms with Crippen LogP contribution in [0, 0.1) is 6.92 Å². The van der Waals surface area contributed by atoms with Gasteiger partial charge in [0.15, 0.2) is 5.78 Å². The summed E-state index contributed by atoms with van der Waals surface area (Å²) in [6, 6.07) is 16.0. The molecule has 2 aromatic carbocycles. The maximum Gasteiger partial charge on any atom is 0.176 e. The van der Waals surface area contributed by atoms with E-state index in [-0.39, 0.29) is 5.78 Å². The number of ketones is 1. The Balaban J connectivity index is 2.39. The van der Waals surface area contributed by atoms with Gasteiger partial charge in [0, 0.05) is 5.56 Å². The third-order valence-corrected chi connectivity index (χ3v) is 2.98. The Hall–Kier alpha value is -1.93. The zero-order chi connectivity index (χ0) is 13.0. The van der Waals surface area contributed by atoms with Crippen LogP contribution in [0.4, 0.5) is 0 Å². The van der Waals surface area contributed by atoms with Crippen molar-refractivity contribution in [2.45, 2.75) is 6.92 Å². The summed E-state index contributed by atoms with van der Waals surface area (Å²) in [6.45, 7) is 2.45. The van der Waals surface area contributed by atoms with Crippen LogP contribution in [0.5, 0.6) is 0 Å². The fraction of sp³-hybridized carbons (Fsp3) is 0.188. The van der Waals surface area contributed by atoms with Gasteiger partial charge in [0.1, 0.15) is 0 Å². The zero-order valence-corrected chi connectivity index (χ0v) is 10.7. The molecule has 2 nitrogen and oxygen atoms in total.